The molecule has 0 spiro atoms. The lowest BCUT2D eigenvalue weighted by Gasteiger charge is -2.12. The second-order valence-electron chi connectivity index (χ2n) is 7.28. The summed E-state index contributed by atoms with van der Waals surface area (Å²) in [5.74, 6) is -0.967. The third-order valence-electron chi connectivity index (χ3n) is 4.84. The summed E-state index contributed by atoms with van der Waals surface area (Å²) in [4.78, 5) is 17.8. The predicted molar refractivity (Wildman–Crippen MR) is 123 cm³/mol. The second kappa shape index (κ2) is 8.34. The van der Waals surface area contributed by atoms with E-state index in [1.807, 2.05) is 0 Å². The van der Waals surface area contributed by atoms with Crippen molar-refractivity contribution in [2.75, 3.05) is 24.6 Å². The summed E-state index contributed by atoms with van der Waals surface area (Å²) in [7, 11) is -0.828. The molecule has 170 valence electrons. The van der Waals surface area contributed by atoms with E-state index in [9.17, 15) is 17.6 Å². The SMILES string of the molecule is CN(C)C(=O)c1cnn2c(N)c(-c3ccc(NS(=O)(=O)c4ccccc4Cl)cc3F)cnc12. The highest BCUT2D eigenvalue weighted by Crippen LogP contribution is 2.31. The molecule has 4 aromatic rings. The van der Waals surface area contributed by atoms with Gasteiger partial charge in [-0.3, -0.25) is 9.52 Å². The predicted octanol–water partition coefficient (Wildman–Crippen LogP) is 3.27. The van der Waals surface area contributed by atoms with Gasteiger partial charge in [-0.1, -0.05) is 23.7 Å². The van der Waals surface area contributed by atoms with Crippen LogP contribution in [-0.2, 0) is 10.0 Å². The van der Waals surface area contributed by atoms with Crippen molar-refractivity contribution in [2.45, 2.75) is 4.90 Å². The molecule has 0 saturated carbocycles. The van der Waals surface area contributed by atoms with Crippen molar-refractivity contribution in [1.82, 2.24) is 19.5 Å². The molecule has 0 aliphatic carbocycles. The maximum absolute atomic E-state index is 15.0. The number of nitrogens with two attached hydrogens (primary N) is 1. The van der Waals surface area contributed by atoms with E-state index in [2.05, 4.69) is 14.8 Å². The molecule has 1 amide bonds. The number of halogens is 2. The largest absolute Gasteiger partial charge is 0.383 e. The number of amides is 1. The lowest BCUT2D eigenvalue weighted by atomic mass is 10.1. The summed E-state index contributed by atoms with van der Waals surface area (Å²) >= 11 is 5.97. The molecular weight excluding hydrogens is 471 g/mol. The minimum absolute atomic E-state index is 0.00161. The van der Waals surface area contributed by atoms with E-state index in [0.717, 1.165) is 6.07 Å². The van der Waals surface area contributed by atoms with Crippen molar-refractivity contribution in [1.29, 1.82) is 0 Å². The van der Waals surface area contributed by atoms with Crippen LogP contribution in [-0.4, -0.2) is 47.9 Å². The molecule has 0 aliphatic rings. The molecule has 0 aliphatic heterocycles. The molecule has 3 N–H and O–H groups in total. The van der Waals surface area contributed by atoms with Gasteiger partial charge in [0.25, 0.3) is 15.9 Å². The Kier molecular flexibility index (Phi) is 5.68. The topological polar surface area (TPSA) is 123 Å². The zero-order valence-corrected chi connectivity index (χ0v) is 19.0. The number of sulfonamides is 1. The molecule has 2 aromatic heterocycles. The van der Waals surface area contributed by atoms with E-state index in [0.29, 0.717) is 0 Å². The maximum Gasteiger partial charge on any atom is 0.263 e. The summed E-state index contributed by atoms with van der Waals surface area (Å²) in [5.41, 5.74) is 6.99. The number of nitrogens with zero attached hydrogens (tertiary/aromatic N) is 4. The van der Waals surface area contributed by atoms with Gasteiger partial charge in [0, 0.05) is 31.4 Å². The van der Waals surface area contributed by atoms with E-state index in [4.69, 9.17) is 17.3 Å². The van der Waals surface area contributed by atoms with Crippen molar-refractivity contribution in [2.24, 2.45) is 0 Å². The van der Waals surface area contributed by atoms with Crippen LogP contribution in [0.15, 0.2) is 59.8 Å². The fourth-order valence-corrected chi connectivity index (χ4v) is 4.79. The number of carbonyl (C=O) groups is 1. The fourth-order valence-electron chi connectivity index (χ4n) is 3.22. The lowest BCUT2D eigenvalue weighted by molar-refractivity contribution is 0.0829. The maximum atomic E-state index is 15.0. The minimum Gasteiger partial charge on any atom is -0.383 e. The van der Waals surface area contributed by atoms with Gasteiger partial charge in [-0.25, -0.2) is 17.8 Å². The van der Waals surface area contributed by atoms with Crippen LogP contribution >= 0.6 is 11.6 Å². The summed E-state index contributed by atoms with van der Waals surface area (Å²) in [5, 5.41) is 4.14. The zero-order valence-electron chi connectivity index (χ0n) is 17.5. The van der Waals surface area contributed by atoms with Crippen LogP contribution in [0, 0.1) is 5.82 Å². The zero-order chi connectivity index (χ0) is 23.9. The quantitative estimate of drug-likeness (QED) is 0.444. The molecule has 0 atom stereocenters. The number of nitrogens with one attached hydrogen (secondary N) is 1. The first-order valence-electron chi connectivity index (χ1n) is 9.51. The molecule has 2 heterocycles. The Balaban J connectivity index is 1.69. The first kappa shape index (κ1) is 22.5. The molecular formula is C21H18ClFN6O3S. The van der Waals surface area contributed by atoms with E-state index in [-0.39, 0.29) is 49.7 Å². The molecule has 4 rings (SSSR count). The summed E-state index contributed by atoms with van der Waals surface area (Å²) in [6, 6.07) is 9.70. The molecule has 0 radical (unpaired) electrons. The minimum atomic E-state index is -4.02. The van der Waals surface area contributed by atoms with Gasteiger partial charge in [-0.15, -0.1) is 0 Å². The summed E-state index contributed by atoms with van der Waals surface area (Å²) in [6.07, 6.45) is 2.68. The van der Waals surface area contributed by atoms with Crippen molar-refractivity contribution < 1.29 is 17.6 Å². The van der Waals surface area contributed by atoms with Gasteiger partial charge in [-0.2, -0.15) is 9.61 Å². The summed E-state index contributed by atoms with van der Waals surface area (Å²) < 4.78 is 43.7. The highest BCUT2D eigenvalue weighted by atomic mass is 35.5. The average molecular weight is 489 g/mol. The van der Waals surface area contributed by atoms with Crippen molar-refractivity contribution in [3.63, 3.8) is 0 Å². The number of rotatable bonds is 5. The van der Waals surface area contributed by atoms with Crippen molar-refractivity contribution in [3.8, 4) is 11.1 Å². The van der Waals surface area contributed by atoms with Gasteiger partial charge >= 0.3 is 0 Å². The van der Waals surface area contributed by atoms with E-state index in [1.54, 1.807) is 20.2 Å². The van der Waals surface area contributed by atoms with Gasteiger partial charge < -0.3 is 10.6 Å². The second-order valence-corrected chi connectivity index (χ2v) is 9.34. The Bertz CT molecular complexity index is 1500. The van der Waals surface area contributed by atoms with Gasteiger partial charge in [0.05, 0.1) is 16.9 Å². The third kappa shape index (κ3) is 4.08. The number of anilines is 2. The number of benzene rings is 2. The molecule has 0 unspecified atom stereocenters. The lowest BCUT2D eigenvalue weighted by Crippen LogP contribution is -2.21. The molecule has 33 heavy (non-hydrogen) atoms. The number of hydrogen-bond acceptors (Lipinski definition) is 6. The van der Waals surface area contributed by atoms with Crippen LogP contribution in [0.25, 0.3) is 16.8 Å². The smallest absolute Gasteiger partial charge is 0.263 e. The molecule has 0 bridgehead atoms. The van der Waals surface area contributed by atoms with Crippen LogP contribution in [0.2, 0.25) is 5.02 Å². The monoisotopic (exact) mass is 488 g/mol. The summed E-state index contributed by atoms with van der Waals surface area (Å²) in [6.45, 7) is 0. The van der Waals surface area contributed by atoms with Gasteiger partial charge in [0.1, 0.15) is 22.1 Å². The first-order chi connectivity index (χ1) is 15.6. The van der Waals surface area contributed by atoms with Crippen LogP contribution in [0.4, 0.5) is 15.9 Å². The number of carbonyl (C=O) groups excluding carboxylic acids is 1. The van der Waals surface area contributed by atoms with Crippen LogP contribution in [0.3, 0.4) is 0 Å². The van der Waals surface area contributed by atoms with Gasteiger partial charge in [0.15, 0.2) is 5.65 Å². The van der Waals surface area contributed by atoms with Crippen LogP contribution < -0.4 is 10.5 Å². The van der Waals surface area contributed by atoms with E-state index < -0.39 is 15.8 Å². The number of aromatic nitrogens is 3. The number of hydrogen-bond donors (Lipinski definition) is 2. The number of fused-ring (bicyclic) bond motifs is 1. The van der Waals surface area contributed by atoms with E-state index >= 15 is 0 Å². The third-order valence-corrected chi connectivity index (χ3v) is 6.72. The molecule has 0 fully saturated rings. The van der Waals surface area contributed by atoms with Gasteiger partial charge in [0.2, 0.25) is 0 Å². The van der Waals surface area contributed by atoms with Crippen LogP contribution in [0.1, 0.15) is 10.4 Å². The average Bonchev–Trinajstić information content (AvgIpc) is 3.19. The van der Waals surface area contributed by atoms with E-state index in [1.165, 1.54) is 52.1 Å². The Morgan fingerprint density at radius 3 is 2.55 bits per heavy atom. The normalized spacial score (nSPS) is 11.5. The first-order valence-corrected chi connectivity index (χ1v) is 11.4. The Morgan fingerprint density at radius 1 is 1.15 bits per heavy atom. The molecule has 0 saturated heterocycles. The number of nitrogen functional groups attached to an aromatic ring is 1. The molecule has 9 nitrogen and oxygen atoms in total. The van der Waals surface area contributed by atoms with Crippen LogP contribution in [0.5, 0.6) is 0 Å². The Morgan fingerprint density at radius 2 is 1.88 bits per heavy atom. The molecule has 2 aromatic carbocycles. The van der Waals surface area contributed by atoms with Gasteiger partial charge in [-0.05, 0) is 30.3 Å². The Hall–Kier alpha value is -3.70. The standard InChI is InChI=1S/C21H18ClFN6O3S/c1-28(2)21(30)15-11-26-29-19(24)14(10-25-20(15)29)13-8-7-12(9-17(13)23)27-33(31,32)18-6-4-3-5-16(18)22/h3-11,27H,24H2,1-2H3. The van der Waals surface area contributed by atoms with Crippen molar-refractivity contribution in [3.05, 3.63) is 71.3 Å². The Labute approximate surface area is 193 Å². The molecule has 12 heteroatoms. The van der Waals surface area contributed by atoms with Crippen molar-refractivity contribution >= 4 is 44.7 Å². The highest BCUT2D eigenvalue weighted by Gasteiger charge is 2.21. The highest BCUT2D eigenvalue weighted by molar-refractivity contribution is 7.92. The fraction of sp³-hybridized carbons (Fsp3) is 0.0952.